The number of aromatic nitrogens is 2. The fraction of sp³-hybridized carbons (Fsp3) is 0. The van der Waals surface area contributed by atoms with E-state index >= 15 is 0 Å². The van der Waals surface area contributed by atoms with E-state index in [2.05, 4.69) is 16.3 Å². The molecule has 3 N–H and O–H groups in total. The quantitative estimate of drug-likeness (QED) is 0.776. The van der Waals surface area contributed by atoms with Crippen LogP contribution in [0.2, 0.25) is 0 Å². The Morgan fingerprint density at radius 1 is 1.27 bits per heavy atom. The first-order chi connectivity index (χ1) is 7.07. The number of nitrogens with two attached hydrogens (primary N) is 1. The van der Waals surface area contributed by atoms with Crippen LogP contribution in [0.5, 0.6) is 0 Å². The molecule has 2 rings (SSSR count). The number of H-pyrrole nitrogens is 1. The second-order valence-corrected chi connectivity index (χ2v) is 4.51. The van der Waals surface area contributed by atoms with Crippen LogP contribution in [0.4, 0.5) is 0 Å². The zero-order valence-electron chi connectivity index (χ0n) is 7.64. The van der Waals surface area contributed by atoms with Crippen molar-refractivity contribution in [2.45, 2.75) is 4.90 Å². The number of hydrogen-bond acceptors (Lipinski definition) is 3. The summed E-state index contributed by atoms with van der Waals surface area (Å²) in [7, 11) is -3.63. The van der Waals surface area contributed by atoms with Crippen LogP contribution in [0.25, 0.3) is 11.3 Å². The molecule has 0 fully saturated rings. The van der Waals surface area contributed by atoms with E-state index in [1.54, 1.807) is 18.3 Å². The topological polar surface area (TPSA) is 88.8 Å². The number of rotatable bonds is 2. The van der Waals surface area contributed by atoms with E-state index in [0.717, 1.165) is 5.56 Å². The van der Waals surface area contributed by atoms with Gasteiger partial charge < -0.3 is 0 Å². The molecule has 0 amide bonds. The molecule has 77 valence electrons. The first kappa shape index (κ1) is 9.88. The summed E-state index contributed by atoms with van der Waals surface area (Å²) in [5.41, 5.74) is 1.42. The van der Waals surface area contributed by atoms with Crippen molar-refractivity contribution in [2.75, 3.05) is 0 Å². The third kappa shape index (κ3) is 2.05. The Morgan fingerprint density at radius 2 is 1.93 bits per heavy atom. The Kier molecular flexibility index (Phi) is 2.29. The van der Waals surface area contributed by atoms with Crippen LogP contribution in [-0.4, -0.2) is 18.6 Å². The van der Waals surface area contributed by atoms with E-state index in [0.29, 0.717) is 5.69 Å². The van der Waals surface area contributed by atoms with Crippen molar-refractivity contribution < 1.29 is 8.42 Å². The van der Waals surface area contributed by atoms with Crippen LogP contribution in [0.15, 0.2) is 35.4 Å². The second-order valence-electron chi connectivity index (χ2n) is 2.95. The van der Waals surface area contributed by atoms with Crippen LogP contribution in [0.3, 0.4) is 0 Å². The Hall–Kier alpha value is -1.66. The van der Waals surface area contributed by atoms with Gasteiger partial charge in [-0.05, 0) is 12.1 Å². The fourth-order valence-corrected chi connectivity index (χ4v) is 1.70. The maximum absolute atomic E-state index is 11.0. The van der Waals surface area contributed by atoms with Crippen molar-refractivity contribution in [1.82, 2.24) is 10.2 Å². The molecule has 2 aromatic rings. The zero-order valence-corrected chi connectivity index (χ0v) is 8.45. The zero-order chi connectivity index (χ0) is 10.9. The van der Waals surface area contributed by atoms with Crippen LogP contribution in [-0.2, 0) is 10.0 Å². The molecule has 0 aliphatic carbocycles. The molecule has 0 atom stereocenters. The Labute approximate surface area is 87.0 Å². The molecule has 1 aromatic heterocycles. The average Bonchev–Trinajstić information content (AvgIpc) is 2.69. The number of benzene rings is 1. The van der Waals surface area contributed by atoms with Gasteiger partial charge in [0.15, 0.2) is 0 Å². The van der Waals surface area contributed by atoms with E-state index in [9.17, 15) is 8.42 Å². The van der Waals surface area contributed by atoms with Gasteiger partial charge in [-0.3, -0.25) is 5.10 Å². The summed E-state index contributed by atoms with van der Waals surface area (Å²) in [6, 6.07) is 9.00. The lowest BCUT2D eigenvalue weighted by Crippen LogP contribution is -2.11. The summed E-state index contributed by atoms with van der Waals surface area (Å²) in [5, 5.41) is 11.5. The molecule has 0 aliphatic rings. The highest BCUT2D eigenvalue weighted by molar-refractivity contribution is 7.89. The van der Waals surface area contributed by atoms with E-state index < -0.39 is 10.0 Å². The summed E-state index contributed by atoms with van der Waals surface area (Å²) in [5.74, 6) is 0. The van der Waals surface area contributed by atoms with Gasteiger partial charge in [-0.25, -0.2) is 13.6 Å². The number of nitrogens with zero attached hydrogens (tertiary/aromatic N) is 1. The number of nitrogens with one attached hydrogen (secondary N) is 1. The summed E-state index contributed by atoms with van der Waals surface area (Å²) in [6.07, 6.45) is 1.57. The SMILES string of the molecule is NS(=O)(=O)c1ccc(-c2[c]c[nH]n2)cc1. The standard InChI is InChI=1S/C9H8N3O2S/c10-15(13,14)8-3-1-7(2-4-8)9-5-6-11-12-9/h1-4,6H,(H,11,12)(H2,10,13,14). The highest BCUT2D eigenvalue weighted by atomic mass is 32.2. The lowest BCUT2D eigenvalue weighted by atomic mass is 10.2. The highest BCUT2D eigenvalue weighted by Gasteiger charge is 2.07. The van der Waals surface area contributed by atoms with Gasteiger partial charge in [0.1, 0.15) is 0 Å². The molecule has 5 nitrogen and oxygen atoms in total. The number of primary sulfonamides is 1. The van der Waals surface area contributed by atoms with Crippen LogP contribution in [0, 0.1) is 6.07 Å². The maximum atomic E-state index is 11.0. The molecule has 0 unspecified atom stereocenters. The summed E-state index contributed by atoms with van der Waals surface area (Å²) < 4.78 is 22.0. The van der Waals surface area contributed by atoms with Crippen LogP contribution < -0.4 is 5.14 Å². The minimum absolute atomic E-state index is 0.0850. The maximum Gasteiger partial charge on any atom is 0.238 e. The monoisotopic (exact) mass is 222 g/mol. The van der Waals surface area contributed by atoms with Gasteiger partial charge in [0, 0.05) is 17.8 Å². The Morgan fingerprint density at radius 3 is 2.40 bits per heavy atom. The molecule has 0 bridgehead atoms. The lowest BCUT2D eigenvalue weighted by molar-refractivity contribution is 0.598. The van der Waals surface area contributed by atoms with Gasteiger partial charge in [0.25, 0.3) is 0 Å². The molecule has 0 spiro atoms. The van der Waals surface area contributed by atoms with Gasteiger partial charge in [0.2, 0.25) is 10.0 Å². The third-order valence-electron chi connectivity index (χ3n) is 1.91. The second kappa shape index (κ2) is 3.48. The molecule has 1 radical (unpaired) electrons. The predicted molar refractivity (Wildman–Crippen MR) is 54.2 cm³/mol. The lowest BCUT2D eigenvalue weighted by Gasteiger charge is -1.99. The largest absolute Gasteiger partial charge is 0.284 e. The summed E-state index contributed by atoms with van der Waals surface area (Å²) in [6.45, 7) is 0. The highest BCUT2D eigenvalue weighted by Crippen LogP contribution is 2.17. The van der Waals surface area contributed by atoms with E-state index in [1.165, 1.54) is 12.1 Å². The molecule has 1 aromatic carbocycles. The molecule has 0 saturated carbocycles. The van der Waals surface area contributed by atoms with Gasteiger partial charge in [-0.1, -0.05) is 12.1 Å². The molecule has 6 heteroatoms. The van der Waals surface area contributed by atoms with Gasteiger partial charge in [-0.2, -0.15) is 5.10 Å². The van der Waals surface area contributed by atoms with Crippen molar-refractivity contribution in [1.29, 1.82) is 0 Å². The minimum Gasteiger partial charge on any atom is -0.284 e. The van der Waals surface area contributed by atoms with Crippen molar-refractivity contribution in [2.24, 2.45) is 5.14 Å². The van der Waals surface area contributed by atoms with Crippen LogP contribution >= 0.6 is 0 Å². The third-order valence-corrected chi connectivity index (χ3v) is 2.84. The molecule has 0 aliphatic heterocycles. The molecule has 1 heterocycles. The number of sulfonamides is 1. The first-order valence-electron chi connectivity index (χ1n) is 4.12. The van der Waals surface area contributed by atoms with E-state index in [-0.39, 0.29) is 4.90 Å². The fourth-order valence-electron chi connectivity index (χ4n) is 1.18. The number of hydrogen-bond donors (Lipinski definition) is 2. The predicted octanol–water partition coefficient (Wildman–Crippen LogP) is 0.524. The van der Waals surface area contributed by atoms with Crippen molar-refractivity contribution >= 4 is 10.0 Å². The molecule has 15 heavy (non-hydrogen) atoms. The Bertz CT molecular complexity index is 544. The van der Waals surface area contributed by atoms with Crippen molar-refractivity contribution in [3.8, 4) is 11.3 Å². The first-order valence-corrected chi connectivity index (χ1v) is 5.67. The van der Waals surface area contributed by atoms with Crippen LogP contribution in [0.1, 0.15) is 0 Å². The Balaban J connectivity index is 2.42. The average molecular weight is 222 g/mol. The number of aromatic amines is 1. The molecule has 0 saturated heterocycles. The molecular formula is C9H8N3O2S. The summed E-state index contributed by atoms with van der Waals surface area (Å²) >= 11 is 0. The molecular weight excluding hydrogens is 214 g/mol. The van der Waals surface area contributed by atoms with Crippen molar-refractivity contribution in [3.05, 3.63) is 36.5 Å². The summed E-state index contributed by atoms with van der Waals surface area (Å²) in [4.78, 5) is 0.0850. The minimum atomic E-state index is -3.63. The van der Waals surface area contributed by atoms with Gasteiger partial charge >= 0.3 is 0 Å². The van der Waals surface area contributed by atoms with Crippen molar-refractivity contribution in [3.63, 3.8) is 0 Å². The normalized spacial score (nSPS) is 11.5. The smallest absolute Gasteiger partial charge is 0.238 e. The van der Waals surface area contributed by atoms with Gasteiger partial charge in [0.05, 0.1) is 10.6 Å². The van der Waals surface area contributed by atoms with E-state index in [4.69, 9.17) is 5.14 Å². The van der Waals surface area contributed by atoms with E-state index in [1.807, 2.05) is 0 Å². The van der Waals surface area contributed by atoms with Gasteiger partial charge in [-0.15, -0.1) is 0 Å².